The van der Waals surface area contributed by atoms with Gasteiger partial charge in [-0.2, -0.15) is 0 Å². The Hall–Kier alpha value is -2.61. The SMILES string of the molecule is O[C@H]1O[C@H](COCc2ccccc2)[C@H](F)[C@H](OCc2ccccc2)[C@H]1OCc1ccccc1. The summed E-state index contributed by atoms with van der Waals surface area (Å²) in [7, 11) is 0. The Labute approximate surface area is 193 Å². The predicted molar refractivity (Wildman–Crippen MR) is 122 cm³/mol. The first-order valence-electron chi connectivity index (χ1n) is 11.1. The van der Waals surface area contributed by atoms with Gasteiger partial charge in [-0.25, -0.2) is 4.39 Å². The maximum Gasteiger partial charge on any atom is 0.184 e. The van der Waals surface area contributed by atoms with Gasteiger partial charge in [0.15, 0.2) is 12.5 Å². The van der Waals surface area contributed by atoms with E-state index >= 15 is 4.39 Å². The van der Waals surface area contributed by atoms with Crippen LogP contribution in [0.15, 0.2) is 91.0 Å². The fourth-order valence-electron chi connectivity index (χ4n) is 3.78. The Morgan fingerprint density at radius 3 is 1.64 bits per heavy atom. The van der Waals surface area contributed by atoms with Crippen LogP contribution in [0.2, 0.25) is 0 Å². The first-order chi connectivity index (χ1) is 16.2. The van der Waals surface area contributed by atoms with E-state index in [-0.39, 0.29) is 19.8 Å². The van der Waals surface area contributed by atoms with Crippen molar-refractivity contribution in [2.75, 3.05) is 6.61 Å². The summed E-state index contributed by atoms with van der Waals surface area (Å²) in [5.74, 6) is 0. The highest BCUT2D eigenvalue weighted by Crippen LogP contribution is 2.29. The van der Waals surface area contributed by atoms with Crippen LogP contribution in [0, 0.1) is 0 Å². The normalized spacial score (nSPS) is 25.1. The largest absolute Gasteiger partial charge is 0.374 e. The number of alkyl halides is 1. The number of halogens is 1. The molecule has 174 valence electrons. The lowest BCUT2D eigenvalue weighted by molar-refractivity contribution is -0.298. The molecule has 1 heterocycles. The van der Waals surface area contributed by atoms with Crippen LogP contribution in [0.1, 0.15) is 16.7 Å². The second-order valence-electron chi connectivity index (χ2n) is 8.03. The van der Waals surface area contributed by atoms with E-state index in [4.69, 9.17) is 18.9 Å². The van der Waals surface area contributed by atoms with Gasteiger partial charge in [0.2, 0.25) is 0 Å². The van der Waals surface area contributed by atoms with E-state index in [1.165, 1.54) is 0 Å². The molecule has 4 rings (SSSR count). The molecule has 33 heavy (non-hydrogen) atoms. The molecule has 1 N–H and O–H groups in total. The first-order valence-corrected chi connectivity index (χ1v) is 11.1. The van der Waals surface area contributed by atoms with Gasteiger partial charge in [0.25, 0.3) is 0 Å². The molecule has 1 fully saturated rings. The van der Waals surface area contributed by atoms with E-state index in [9.17, 15) is 5.11 Å². The van der Waals surface area contributed by atoms with E-state index in [0.717, 1.165) is 16.7 Å². The highest BCUT2D eigenvalue weighted by Gasteiger charge is 2.47. The van der Waals surface area contributed by atoms with Crippen molar-refractivity contribution < 1.29 is 28.4 Å². The number of ether oxygens (including phenoxy) is 4. The van der Waals surface area contributed by atoms with Crippen LogP contribution < -0.4 is 0 Å². The van der Waals surface area contributed by atoms with Crippen molar-refractivity contribution in [2.45, 2.75) is 50.6 Å². The molecule has 6 heteroatoms. The maximum atomic E-state index is 15.6. The molecule has 0 amide bonds. The third-order valence-electron chi connectivity index (χ3n) is 5.55. The fraction of sp³-hybridized carbons (Fsp3) is 0.333. The molecule has 1 saturated heterocycles. The number of benzene rings is 3. The summed E-state index contributed by atoms with van der Waals surface area (Å²) in [5, 5.41) is 10.7. The van der Waals surface area contributed by atoms with Crippen molar-refractivity contribution in [3.05, 3.63) is 108 Å². The molecule has 0 unspecified atom stereocenters. The molecule has 3 aromatic carbocycles. The van der Waals surface area contributed by atoms with Gasteiger partial charge in [-0.3, -0.25) is 0 Å². The summed E-state index contributed by atoms with van der Waals surface area (Å²) >= 11 is 0. The van der Waals surface area contributed by atoms with Crippen LogP contribution in [0.25, 0.3) is 0 Å². The van der Waals surface area contributed by atoms with E-state index in [1.807, 2.05) is 91.0 Å². The smallest absolute Gasteiger partial charge is 0.184 e. The lowest BCUT2D eigenvalue weighted by Gasteiger charge is -2.41. The minimum absolute atomic E-state index is 0.0102. The number of aliphatic hydroxyl groups is 1. The molecule has 1 aliphatic heterocycles. The van der Waals surface area contributed by atoms with Gasteiger partial charge in [0, 0.05) is 0 Å². The average Bonchev–Trinajstić information content (AvgIpc) is 2.86. The van der Waals surface area contributed by atoms with Gasteiger partial charge >= 0.3 is 0 Å². The Morgan fingerprint density at radius 1 is 0.667 bits per heavy atom. The zero-order valence-corrected chi connectivity index (χ0v) is 18.3. The van der Waals surface area contributed by atoms with Gasteiger partial charge in [-0.15, -0.1) is 0 Å². The van der Waals surface area contributed by atoms with E-state index in [0.29, 0.717) is 6.61 Å². The fourth-order valence-corrected chi connectivity index (χ4v) is 3.78. The maximum absolute atomic E-state index is 15.6. The highest BCUT2D eigenvalue weighted by atomic mass is 19.1. The van der Waals surface area contributed by atoms with Crippen LogP contribution in [0.3, 0.4) is 0 Å². The van der Waals surface area contributed by atoms with Gasteiger partial charge in [0.1, 0.15) is 18.3 Å². The third-order valence-corrected chi connectivity index (χ3v) is 5.55. The third kappa shape index (κ3) is 6.69. The van der Waals surface area contributed by atoms with Gasteiger partial charge in [0.05, 0.1) is 26.4 Å². The molecule has 5 atom stereocenters. The van der Waals surface area contributed by atoms with E-state index in [2.05, 4.69) is 0 Å². The van der Waals surface area contributed by atoms with E-state index in [1.54, 1.807) is 0 Å². The van der Waals surface area contributed by atoms with Crippen molar-refractivity contribution in [1.82, 2.24) is 0 Å². The van der Waals surface area contributed by atoms with Crippen LogP contribution >= 0.6 is 0 Å². The van der Waals surface area contributed by atoms with Gasteiger partial charge < -0.3 is 24.1 Å². The molecule has 0 bridgehead atoms. The minimum atomic E-state index is -1.53. The van der Waals surface area contributed by atoms with E-state index < -0.39 is 30.8 Å². The summed E-state index contributed by atoms with van der Waals surface area (Å²) < 4.78 is 38.7. The topological polar surface area (TPSA) is 57.2 Å². The summed E-state index contributed by atoms with van der Waals surface area (Å²) in [5.41, 5.74) is 2.80. The number of rotatable bonds is 10. The minimum Gasteiger partial charge on any atom is -0.374 e. The zero-order valence-electron chi connectivity index (χ0n) is 18.3. The van der Waals surface area contributed by atoms with Crippen molar-refractivity contribution in [1.29, 1.82) is 0 Å². The van der Waals surface area contributed by atoms with Gasteiger partial charge in [-0.05, 0) is 16.7 Å². The second-order valence-corrected chi connectivity index (χ2v) is 8.03. The van der Waals surface area contributed by atoms with Crippen molar-refractivity contribution in [3.8, 4) is 0 Å². The summed E-state index contributed by atoms with van der Waals surface area (Å²) in [6.07, 6.45) is -5.83. The van der Waals surface area contributed by atoms with Crippen LogP contribution in [-0.4, -0.2) is 42.5 Å². The lowest BCUT2D eigenvalue weighted by Crippen LogP contribution is -2.58. The highest BCUT2D eigenvalue weighted by molar-refractivity contribution is 5.15. The van der Waals surface area contributed by atoms with Crippen molar-refractivity contribution in [2.24, 2.45) is 0 Å². The van der Waals surface area contributed by atoms with Crippen molar-refractivity contribution >= 4 is 0 Å². The molecule has 0 radical (unpaired) electrons. The summed E-state index contributed by atoms with van der Waals surface area (Å²) in [4.78, 5) is 0. The first kappa shape index (κ1) is 23.5. The summed E-state index contributed by atoms with van der Waals surface area (Å²) in [6, 6.07) is 28.6. The molecular weight excluding hydrogens is 423 g/mol. The zero-order chi connectivity index (χ0) is 22.9. The van der Waals surface area contributed by atoms with Crippen LogP contribution in [-0.2, 0) is 38.8 Å². The number of aliphatic hydroxyl groups excluding tert-OH is 1. The summed E-state index contributed by atoms with van der Waals surface area (Å²) in [6.45, 7) is 0.719. The molecule has 1 aliphatic rings. The average molecular weight is 453 g/mol. The molecule has 0 aromatic heterocycles. The molecule has 0 saturated carbocycles. The molecule has 0 aliphatic carbocycles. The molecule has 5 nitrogen and oxygen atoms in total. The monoisotopic (exact) mass is 452 g/mol. The Kier molecular flexibility index (Phi) is 8.58. The molecular formula is C27H29FO5. The Morgan fingerprint density at radius 2 is 1.12 bits per heavy atom. The van der Waals surface area contributed by atoms with Crippen molar-refractivity contribution in [3.63, 3.8) is 0 Å². The number of hydrogen-bond donors (Lipinski definition) is 1. The molecule has 3 aromatic rings. The van der Waals surface area contributed by atoms with Crippen LogP contribution in [0.5, 0.6) is 0 Å². The Bertz CT molecular complexity index is 941. The molecule has 0 spiro atoms. The lowest BCUT2D eigenvalue weighted by atomic mass is 9.99. The van der Waals surface area contributed by atoms with Crippen LogP contribution in [0.4, 0.5) is 4.39 Å². The Balaban J connectivity index is 1.41. The second kappa shape index (κ2) is 12.0. The standard InChI is InChI=1S/C27H29FO5/c28-24-23(19-30-16-20-10-4-1-5-11-20)33-27(29)26(32-18-22-14-8-3-9-15-22)25(24)31-17-21-12-6-2-7-13-21/h1-15,23-27,29H,16-19H2/t23-,24+,25+,26-,27+/m1/s1. The predicted octanol–water partition coefficient (Wildman–Crippen LogP) is 4.43. The quantitative estimate of drug-likeness (QED) is 0.493. The van der Waals surface area contributed by atoms with Gasteiger partial charge in [-0.1, -0.05) is 91.0 Å². The number of hydrogen-bond acceptors (Lipinski definition) is 5.